The molecule has 2 heteroatoms. The molecule has 1 aliphatic heterocycles. The Hall–Kier alpha value is -0.860. The van der Waals surface area contributed by atoms with Gasteiger partial charge in [0.2, 0.25) is 0 Å². The zero-order valence-corrected chi connectivity index (χ0v) is 9.68. The summed E-state index contributed by atoms with van der Waals surface area (Å²) in [6.45, 7) is 1.23. The monoisotopic (exact) mass is 216 g/mol. The topological polar surface area (TPSA) is 29.3 Å². The summed E-state index contributed by atoms with van der Waals surface area (Å²) < 4.78 is 0. The largest absolute Gasteiger partial charge is 0.326 e. The first-order valence-electron chi connectivity index (χ1n) is 6.42. The Kier molecular flexibility index (Phi) is 2.70. The Morgan fingerprint density at radius 3 is 2.50 bits per heavy atom. The summed E-state index contributed by atoms with van der Waals surface area (Å²) in [4.78, 5) is 2.64. The maximum Gasteiger partial charge on any atom is 0.0502 e. The summed E-state index contributed by atoms with van der Waals surface area (Å²) in [5.41, 5.74) is 7.73. The van der Waals surface area contributed by atoms with E-state index in [4.69, 9.17) is 5.73 Å². The predicted octanol–water partition coefficient (Wildman–Crippen LogP) is 2.31. The first-order chi connectivity index (χ1) is 7.86. The van der Waals surface area contributed by atoms with E-state index in [1.54, 1.807) is 0 Å². The molecule has 1 aliphatic carbocycles. The summed E-state index contributed by atoms with van der Waals surface area (Å²) in [5.74, 6) is 0. The van der Waals surface area contributed by atoms with Crippen molar-refractivity contribution in [2.45, 2.75) is 43.8 Å². The van der Waals surface area contributed by atoms with Gasteiger partial charge in [-0.15, -0.1) is 0 Å². The molecule has 2 aliphatic rings. The molecular formula is C14H20N2. The van der Waals surface area contributed by atoms with Gasteiger partial charge in [0.1, 0.15) is 0 Å². The van der Waals surface area contributed by atoms with E-state index < -0.39 is 0 Å². The number of hydrogen-bond acceptors (Lipinski definition) is 2. The zero-order chi connectivity index (χ0) is 11.0. The summed E-state index contributed by atoms with van der Waals surface area (Å²) in [5, 5.41) is 0. The smallest absolute Gasteiger partial charge is 0.0502 e. The highest BCUT2D eigenvalue weighted by atomic mass is 15.2. The summed E-state index contributed by atoms with van der Waals surface area (Å²) in [6.07, 6.45) is 5.18. The number of piperidine rings is 1. The van der Waals surface area contributed by atoms with Gasteiger partial charge in [0.05, 0.1) is 6.04 Å². The van der Waals surface area contributed by atoms with Crippen LogP contribution in [0, 0.1) is 0 Å². The van der Waals surface area contributed by atoms with Gasteiger partial charge >= 0.3 is 0 Å². The van der Waals surface area contributed by atoms with E-state index >= 15 is 0 Å². The fraction of sp³-hybridized carbons (Fsp3) is 0.571. The van der Waals surface area contributed by atoms with Crippen LogP contribution in [0.2, 0.25) is 0 Å². The SMILES string of the molecule is NC1CCCN(C2CC2)C1c1ccccc1. The van der Waals surface area contributed by atoms with Crippen molar-refractivity contribution in [3.63, 3.8) is 0 Å². The van der Waals surface area contributed by atoms with Crippen LogP contribution in [0.3, 0.4) is 0 Å². The van der Waals surface area contributed by atoms with Crippen molar-refractivity contribution >= 4 is 0 Å². The van der Waals surface area contributed by atoms with Crippen LogP contribution in [0.25, 0.3) is 0 Å². The van der Waals surface area contributed by atoms with Crippen LogP contribution in [0.4, 0.5) is 0 Å². The van der Waals surface area contributed by atoms with Crippen LogP contribution in [0.15, 0.2) is 30.3 Å². The third-order valence-corrected chi connectivity index (χ3v) is 3.87. The lowest BCUT2D eigenvalue weighted by Crippen LogP contribution is -2.46. The van der Waals surface area contributed by atoms with Crippen LogP contribution >= 0.6 is 0 Å². The van der Waals surface area contributed by atoms with Crippen LogP contribution in [0.5, 0.6) is 0 Å². The minimum atomic E-state index is 0.316. The van der Waals surface area contributed by atoms with Gasteiger partial charge in [0.25, 0.3) is 0 Å². The molecule has 1 aromatic carbocycles. The molecule has 86 valence electrons. The fourth-order valence-corrected chi connectivity index (χ4v) is 2.96. The van der Waals surface area contributed by atoms with Gasteiger partial charge in [-0.25, -0.2) is 0 Å². The Labute approximate surface area is 97.4 Å². The van der Waals surface area contributed by atoms with E-state index in [1.165, 1.54) is 37.8 Å². The normalized spacial score (nSPS) is 31.6. The minimum absolute atomic E-state index is 0.316. The van der Waals surface area contributed by atoms with Crippen LogP contribution < -0.4 is 5.73 Å². The number of nitrogens with zero attached hydrogens (tertiary/aromatic N) is 1. The van der Waals surface area contributed by atoms with Gasteiger partial charge in [-0.2, -0.15) is 0 Å². The Morgan fingerprint density at radius 1 is 1.06 bits per heavy atom. The van der Waals surface area contributed by atoms with Gasteiger partial charge in [-0.3, -0.25) is 4.90 Å². The van der Waals surface area contributed by atoms with Crippen LogP contribution in [0.1, 0.15) is 37.3 Å². The molecule has 3 rings (SSSR count). The van der Waals surface area contributed by atoms with Crippen molar-refractivity contribution in [3.05, 3.63) is 35.9 Å². The third-order valence-electron chi connectivity index (χ3n) is 3.87. The van der Waals surface area contributed by atoms with E-state index in [-0.39, 0.29) is 0 Å². The highest BCUT2D eigenvalue weighted by Crippen LogP contribution is 2.39. The molecular weight excluding hydrogens is 196 g/mol. The van der Waals surface area contributed by atoms with Crippen molar-refractivity contribution in [1.82, 2.24) is 4.90 Å². The molecule has 0 amide bonds. The molecule has 0 aromatic heterocycles. The number of hydrogen-bond donors (Lipinski definition) is 1. The molecule has 2 unspecified atom stereocenters. The first kappa shape index (κ1) is 10.3. The molecule has 0 spiro atoms. The standard InChI is InChI=1S/C14H20N2/c15-13-7-4-10-16(12-8-9-12)14(13)11-5-2-1-3-6-11/h1-3,5-6,12-14H,4,7-10,15H2. The second-order valence-electron chi connectivity index (χ2n) is 5.13. The van der Waals surface area contributed by atoms with Gasteiger partial charge in [-0.1, -0.05) is 30.3 Å². The average molecular weight is 216 g/mol. The van der Waals surface area contributed by atoms with Crippen LogP contribution in [-0.2, 0) is 0 Å². The van der Waals surface area contributed by atoms with Gasteiger partial charge in [0.15, 0.2) is 0 Å². The van der Waals surface area contributed by atoms with Crippen molar-refractivity contribution in [1.29, 1.82) is 0 Å². The van der Waals surface area contributed by atoms with Crippen molar-refractivity contribution in [2.24, 2.45) is 5.73 Å². The van der Waals surface area contributed by atoms with E-state index in [2.05, 4.69) is 35.2 Å². The minimum Gasteiger partial charge on any atom is -0.326 e. The Bertz CT molecular complexity index is 345. The maximum atomic E-state index is 6.33. The van der Waals surface area contributed by atoms with Crippen molar-refractivity contribution in [2.75, 3.05) is 6.54 Å². The highest BCUT2D eigenvalue weighted by molar-refractivity contribution is 5.22. The molecule has 0 bridgehead atoms. The Balaban J connectivity index is 1.88. The molecule has 2 atom stereocenters. The molecule has 2 N–H and O–H groups in total. The van der Waals surface area contributed by atoms with E-state index in [9.17, 15) is 0 Å². The first-order valence-corrected chi connectivity index (χ1v) is 6.42. The number of rotatable bonds is 2. The van der Waals surface area contributed by atoms with Crippen molar-refractivity contribution in [3.8, 4) is 0 Å². The Morgan fingerprint density at radius 2 is 1.81 bits per heavy atom. The second kappa shape index (κ2) is 4.19. The molecule has 1 aromatic rings. The second-order valence-corrected chi connectivity index (χ2v) is 5.13. The third kappa shape index (κ3) is 1.87. The van der Waals surface area contributed by atoms with E-state index in [0.29, 0.717) is 12.1 Å². The lowest BCUT2D eigenvalue weighted by atomic mass is 9.91. The van der Waals surface area contributed by atoms with E-state index in [1.807, 2.05) is 0 Å². The lowest BCUT2D eigenvalue weighted by Gasteiger charge is -2.40. The molecule has 16 heavy (non-hydrogen) atoms. The fourth-order valence-electron chi connectivity index (χ4n) is 2.96. The highest BCUT2D eigenvalue weighted by Gasteiger charge is 2.38. The number of benzene rings is 1. The average Bonchev–Trinajstić information content (AvgIpc) is 3.14. The summed E-state index contributed by atoms with van der Waals surface area (Å²) >= 11 is 0. The van der Waals surface area contributed by atoms with E-state index in [0.717, 1.165) is 6.04 Å². The molecule has 2 nitrogen and oxygen atoms in total. The molecule has 2 fully saturated rings. The van der Waals surface area contributed by atoms with Gasteiger partial charge in [0, 0.05) is 12.1 Å². The maximum absolute atomic E-state index is 6.33. The number of likely N-dealkylation sites (tertiary alicyclic amines) is 1. The summed E-state index contributed by atoms with van der Waals surface area (Å²) in [6, 6.07) is 12.4. The predicted molar refractivity (Wildman–Crippen MR) is 66.1 cm³/mol. The van der Waals surface area contributed by atoms with Gasteiger partial charge in [-0.05, 0) is 37.8 Å². The summed E-state index contributed by atoms with van der Waals surface area (Å²) in [7, 11) is 0. The molecule has 1 saturated carbocycles. The molecule has 0 radical (unpaired) electrons. The zero-order valence-electron chi connectivity index (χ0n) is 9.68. The van der Waals surface area contributed by atoms with Crippen molar-refractivity contribution < 1.29 is 0 Å². The van der Waals surface area contributed by atoms with Gasteiger partial charge < -0.3 is 5.73 Å². The lowest BCUT2D eigenvalue weighted by molar-refractivity contribution is 0.120. The quantitative estimate of drug-likeness (QED) is 0.822. The number of nitrogens with two attached hydrogens (primary N) is 1. The molecule has 1 heterocycles. The molecule has 1 saturated heterocycles. The van der Waals surface area contributed by atoms with Crippen LogP contribution in [-0.4, -0.2) is 23.5 Å².